The first-order valence-electron chi connectivity index (χ1n) is 12.6. The van der Waals surface area contributed by atoms with Crippen LogP contribution >= 0.6 is 11.8 Å². The van der Waals surface area contributed by atoms with Crippen molar-refractivity contribution in [2.45, 2.75) is 74.3 Å². The molecule has 3 fully saturated rings. The summed E-state index contributed by atoms with van der Waals surface area (Å²) in [5.74, 6) is -1.27. The lowest BCUT2D eigenvalue weighted by Gasteiger charge is -2.34. The molecule has 2 unspecified atom stereocenters. The number of nitrogens with one attached hydrogen (secondary N) is 2. The van der Waals surface area contributed by atoms with E-state index in [9.17, 15) is 14.4 Å². The number of hydrogen-bond donors (Lipinski definition) is 3. The van der Waals surface area contributed by atoms with Crippen LogP contribution in [0.25, 0.3) is 0 Å². The molecule has 3 aliphatic rings. The van der Waals surface area contributed by atoms with Gasteiger partial charge in [-0.15, -0.1) is 11.8 Å². The lowest BCUT2D eigenvalue weighted by atomic mass is 9.66. The van der Waals surface area contributed by atoms with Crippen LogP contribution in [-0.2, 0) is 14.4 Å². The van der Waals surface area contributed by atoms with Gasteiger partial charge in [-0.25, -0.2) is 0 Å². The Labute approximate surface area is 206 Å². The lowest BCUT2D eigenvalue weighted by Crippen LogP contribution is -2.53. The Hall–Kier alpha value is -2.06. The molecule has 0 aliphatic carbocycles. The van der Waals surface area contributed by atoms with E-state index in [-0.39, 0.29) is 29.1 Å². The number of aliphatic hydroxyl groups is 1. The highest BCUT2D eigenvalue weighted by molar-refractivity contribution is 8.02. The van der Waals surface area contributed by atoms with Gasteiger partial charge in [0.2, 0.25) is 17.7 Å². The van der Waals surface area contributed by atoms with Crippen molar-refractivity contribution in [3.8, 4) is 0 Å². The van der Waals surface area contributed by atoms with E-state index in [1.54, 1.807) is 16.7 Å². The van der Waals surface area contributed by atoms with Gasteiger partial charge in [0.1, 0.15) is 6.04 Å². The fourth-order valence-electron chi connectivity index (χ4n) is 6.16. The number of benzene rings is 1. The summed E-state index contributed by atoms with van der Waals surface area (Å²) in [6.45, 7) is 5.37. The van der Waals surface area contributed by atoms with Gasteiger partial charge >= 0.3 is 0 Å². The highest BCUT2D eigenvalue weighted by atomic mass is 32.2. The van der Waals surface area contributed by atoms with Crippen LogP contribution in [0, 0.1) is 11.8 Å². The van der Waals surface area contributed by atoms with Crippen molar-refractivity contribution in [3.05, 3.63) is 30.3 Å². The van der Waals surface area contributed by atoms with Crippen LogP contribution in [0.5, 0.6) is 0 Å². The number of amides is 3. The number of aliphatic hydroxyl groups excluding tert-OH is 1. The molecule has 0 saturated carbocycles. The van der Waals surface area contributed by atoms with Gasteiger partial charge in [0.25, 0.3) is 0 Å². The predicted octanol–water partition coefficient (Wildman–Crippen LogP) is 3.19. The molecular formula is C26H37N3O4S. The van der Waals surface area contributed by atoms with Gasteiger partial charge in [-0.1, -0.05) is 31.5 Å². The summed E-state index contributed by atoms with van der Waals surface area (Å²) >= 11 is 1.70. The molecule has 3 N–H and O–H groups in total. The molecule has 3 saturated heterocycles. The summed E-state index contributed by atoms with van der Waals surface area (Å²) in [4.78, 5) is 42.7. The maximum atomic E-state index is 13.9. The maximum absolute atomic E-state index is 13.9. The Bertz CT molecular complexity index is 913. The molecule has 34 heavy (non-hydrogen) atoms. The first kappa shape index (κ1) is 25.0. The number of fused-ring (bicyclic) bond motifs is 1. The highest BCUT2D eigenvalue weighted by Gasteiger charge is 2.76. The van der Waals surface area contributed by atoms with Crippen molar-refractivity contribution >= 4 is 35.2 Å². The maximum Gasteiger partial charge on any atom is 0.244 e. The number of unbranched alkanes of at least 4 members (excludes halogenated alkanes) is 3. The van der Waals surface area contributed by atoms with Gasteiger partial charge in [-0.2, -0.15) is 0 Å². The number of hydrogen-bond acceptors (Lipinski definition) is 5. The molecule has 1 spiro atoms. The largest absolute Gasteiger partial charge is 0.396 e. The van der Waals surface area contributed by atoms with Crippen molar-refractivity contribution in [2.75, 3.05) is 25.0 Å². The van der Waals surface area contributed by atoms with Gasteiger partial charge in [0, 0.05) is 30.1 Å². The minimum Gasteiger partial charge on any atom is -0.396 e. The number of nitrogens with zero attached hydrogens (tertiary/aromatic N) is 1. The zero-order valence-electron chi connectivity index (χ0n) is 20.2. The van der Waals surface area contributed by atoms with Crippen LogP contribution < -0.4 is 10.6 Å². The molecule has 3 aliphatic heterocycles. The third kappa shape index (κ3) is 4.35. The number of thioether (sulfide) groups is 1. The first-order valence-corrected chi connectivity index (χ1v) is 13.4. The molecule has 1 aromatic carbocycles. The second-order valence-corrected chi connectivity index (χ2v) is 11.9. The molecule has 0 radical (unpaired) electrons. The third-order valence-corrected chi connectivity index (χ3v) is 9.72. The summed E-state index contributed by atoms with van der Waals surface area (Å²) in [7, 11) is 0. The molecule has 3 amide bonds. The van der Waals surface area contributed by atoms with Gasteiger partial charge in [0.15, 0.2) is 0 Å². The summed E-state index contributed by atoms with van der Waals surface area (Å²) in [5.41, 5.74) is 0.720. The SMILES string of the molecule is CCCCNC(=O)C1N(CCCCCO)C(=O)[C@@H]2[C@H](C(=O)Nc3ccccc3)[C@]3(C)CCC12S3. The van der Waals surface area contributed by atoms with E-state index >= 15 is 0 Å². The minimum absolute atomic E-state index is 0.0659. The predicted molar refractivity (Wildman–Crippen MR) is 134 cm³/mol. The molecule has 4 rings (SSSR count). The van der Waals surface area contributed by atoms with E-state index < -0.39 is 22.6 Å². The Balaban J connectivity index is 1.62. The van der Waals surface area contributed by atoms with Crippen LogP contribution in [0.15, 0.2) is 30.3 Å². The average molecular weight is 488 g/mol. The summed E-state index contributed by atoms with van der Waals surface area (Å²) in [5, 5.41) is 15.3. The second-order valence-electron chi connectivity index (χ2n) is 10.0. The smallest absolute Gasteiger partial charge is 0.244 e. The van der Waals surface area contributed by atoms with Gasteiger partial charge in [-0.05, 0) is 57.6 Å². The lowest BCUT2D eigenvalue weighted by molar-refractivity contribution is -0.139. The number of anilines is 1. The quantitative estimate of drug-likeness (QED) is 0.417. The van der Waals surface area contributed by atoms with Crippen molar-refractivity contribution in [3.63, 3.8) is 0 Å². The summed E-state index contributed by atoms with van der Waals surface area (Å²) in [6, 6.07) is 8.79. The van der Waals surface area contributed by atoms with Crippen LogP contribution in [0.2, 0.25) is 0 Å². The molecule has 5 atom stereocenters. The Morgan fingerprint density at radius 1 is 1.12 bits per heavy atom. The second kappa shape index (κ2) is 10.3. The van der Waals surface area contributed by atoms with Crippen LogP contribution in [0.4, 0.5) is 5.69 Å². The van der Waals surface area contributed by atoms with Crippen LogP contribution in [0.1, 0.15) is 58.8 Å². The molecule has 7 nitrogen and oxygen atoms in total. The van der Waals surface area contributed by atoms with E-state index in [0.717, 1.165) is 44.2 Å². The molecule has 0 aromatic heterocycles. The average Bonchev–Trinajstić information content (AvgIpc) is 3.38. The van der Waals surface area contributed by atoms with Gasteiger partial charge < -0.3 is 20.6 Å². The number of rotatable bonds is 11. The number of likely N-dealkylation sites (tertiary alicyclic amines) is 1. The fourth-order valence-corrected chi connectivity index (χ4v) is 8.52. The van der Waals surface area contributed by atoms with E-state index in [4.69, 9.17) is 5.11 Å². The number of para-hydroxylation sites is 1. The molecule has 2 bridgehead atoms. The Morgan fingerprint density at radius 2 is 1.88 bits per heavy atom. The van der Waals surface area contributed by atoms with Crippen molar-refractivity contribution in [1.82, 2.24) is 10.2 Å². The van der Waals surface area contributed by atoms with Crippen molar-refractivity contribution in [1.29, 1.82) is 0 Å². The van der Waals surface area contributed by atoms with Gasteiger partial charge in [0.05, 0.1) is 16.6 Å². The van der Waals surface area contributed by atoms with E-state index in [2.05, 4.69) is 24.5 Å². The van der Waals surface area contributed by atoms with Crippen LogP contribution in [0.3, 0.4) is 0 Å². The topological polar surface area (TPSA) is 98.7 Å². The summed E-state index contributed by atoms with van der Waals surface area (Å²) < 4.78 is -0.943. The minimum atomic E-state index is -0.572. The molecule has 186 valence electrons. The van der Waals surface area contributed by atoms with E-state index in [1.165, 1.54) is 0 Å². The Morgan fingerprint density at radius 3 is 2.59 bits per heavy atom. The normalized spacial score (nSPS) is 31.6. The Kier molecular flexibility index (Phi) is 7.57. The zero-order chi connectivity index (χ0) is 24.3. The third-order valence-electron chi connectivity index (χ3n) is 7.74. The zero-order valence-corrected chi connectivity index (χ0v) is 21.0. The monoisotopic (exact) mass is 487 g/mol. The fraction of sp³-hybridized carbons (Fsp3) is 0.654. The molecule has 1 aromatic rings. The molecular weight excluding hydrogens is 450 g/mol. The first-order chi connectivity index (χ1) is 16.4. The van der Waals surface area contributed by atoms with E-state index in [1.807, 2.05) is 30.3 Å². The summed E-state index contributed by atoms with van der Waals surface area (Å²) in [6.07, 6.45) is 5.66. The highest BCUT2D eigenvalue weighted by Crippen LogP contribution is 2.71. The van der Waals surface area contributed by atoms with E-state index in [0.29, 0.717) is 19.5 Å². The molecule has 3 heterocycles. The van der Waals surface area contributed by atoms with Crippen molar-refractivity contribution in [2.24, 2.45) is 11.8 Å². The standard InChI is InChI=1S/C26H37N3O4S/c1-3-4-15-27-23(32)21-26-14-13-25(2,34-26)19(22(31)28-18-11-7-5-8-12-18)20(26)24(33)29(21)16-9-6-10-17-30/h5,7-8,11-12,19-21,30H,3-4,6,9-10,13-17H2,1-2H3,(H,27,32)(H,28,31)/t19-,20+,21?,25+,26?/m1/s1. The number of carbonyl (C=O) groups excluding carboxylic acids is 3. The van der Waals surface area contributed by atoms with Crippen LogP contribution in [-0.4, -0.2) is 63.0 Å². The number of carbonyl (C=O) groups is 3. The van der Waals surface area contributed by atoms with Crippen molar-refractivity contribution < 1.29 is 19.5 Å². The molecule has 8 heteroatoms. The van der Waals surface area contributed by atoms with Gasteiger partial charge in [-0.3, -0.25) is 14.4 Å².